The van der Waals surface area contributed by atoms with Crippen LogP contribution in [-0.2, 0) is 19.7 Å². The van der Waals surface area contributed by atoms with Crippen LogP contribution in [0.1, 0.15) is 47.1 Å². The number of carboxylic acid groups (broad SMARTS) is 2. The first-order chi connectivity index (χ1) is 12.7. The number of aliphatic carboxylic acids is 2. The highest BCUT2D eigenvalue weighted by molar-refractivity contribution is 6.30. The fraction of sp³-hybridized carbons (Fsp3) is 0.600. The first kappa shape index (κ1) is 26.2. The van der Waals surface area contributed by atoms with E-state index in [-0.39, 0.29) is 11.0 Å². The molecule has 8 heteroatoms. The number of carboxylic acids is 2. The number of hydrogen-bond donors (Lipinski definition) is 3. The molecule has 0 aromatic heterocycles. The number of halogens is 1. The van der Waals surface area contributed by atoms with Crippen LogP contribution in [0, 0.1) is 0 Å². The van der Waals surface area contributed by atoms with Gasteiger partial charge < -0.3 is 25.0 Å². The SMILES string of the molecule is CC(C)(C)NCCOCCOc1ccc(Cl)cc1C(C)(C)C.O=C(O)C(=O)O. The predicted octanol–water partition coefficient (Wildman–Crippen LogP) is 3.58. The van der Waals surface area contributed by atoms with E-state index in [1.165, 1.54) is 0 Å². The molecule has 1 aromatic carbocycles. The van der Waals surface area contributed by atoms with Crippen molar-refractivity contribution in [3.05, 3.63) is 28.8 Å². The highest BCUT2D eigenvalue weighted by atomic mass is 35.5. The number of hydrogen-bond acceptors (Lipinski definition) is 5. The van der Waals surface area contributed by atoms with Gasteiger partial charge in [0, 0.05) is 22.7 Å². The quantitative estimate of drug-likeness (QED) is 0.460. The maximum Gasteiger partial charge on any atom is 0.414 e. The Bertz CT molecular complexity index is 623. The van der Waals surface area contributed by atoms with E-state index in [1.807, 2.05) is 18.2 Å². The average Bonchev–Trinajstić information content (AvgIpc) is 2.53. The summed E-state index contributed by atoms with van der Waals surface area (Å²) in [5.74, 6) is -2.77. The Balaban J connectivity index is 0.00000105. The van der Waals surface area contributed by atoms with E-state index < -0.39 is 11.9 Å². The second-order valence-corrected chi connectivity index (χ2v) is 8.57. The van der Waals surface area contributed by atoms with Gasteiger partial charge in [-0.25, -0.2) is 9.59 Å². The Labute approximate surface area is 172 Å². The minimum atomic E-state index is -1.82. The Morgan fingerprint density at radius 1 is 1.00 bits per heavy atom. The molecule has 3 N–H and O–H groups in total. The molecular formula is C20H32ClNO6. The molecule has 0 atom stereocenters. The van der Waals surface area contributed by atoms with Crippen molar-refractivity contribution in [3.8, 4) is 5.75 Å². The van der Waals surface area contributed by atoms with Gasteiger partial charge in [0.15, 0.2) is 0 Å². The lowest BCUT2D eigenvalue weighted by atomic mass is 9.86. The number of nitrogens with one attached hydrogen (secondary N) is 1. The maximum atomic E-state index is 9.10. The second-order valence-electron chi connectivity index (χ2n) is 8.14. The van der Waals surface area contributed by atoms with E-state index in [2.05, 4.69) is 46.9 Å². The molecule has 0 aliphatic heterocycles. The number of benzene rings is 1. The van der Waals surface area contributed by atoms with Gasteiger partial charge in [-0.2, -0.15) is 0 Å². The van der Waals surface area contributed by atoms with Gasteiger partial charge in [-0.15, -0.1) is 0 Å². The van der Waals surface area contributed by atoms with Crippen molar-refractivity contribution in [1.29, 1.82) is 0 Å². The van der Waals surface area contributed by atoms with Crippen LogP contribution in [0.3, 0.4) is 0 Å². The number of rotatable bonds is 7. The maximum absolute atomic E-state index is 9.10. The Morgan fingerprint density at radius 3 is 2.04 bits per heavy atom. The van der Waals surface area contributed by atoms with Crippen molar-refractivity contribution >= 4 is 23.5 Å². The monoisotopic (exact) mass is 417 g/mol. The molecule has 0 heterocycles. The zero-order valence-corrected chi connectivity index (χ0v) is 18.2. The molecule has 1 aromatic rings. The lowest BCUT2D eigenvalue weighted by Crippen LogP contribution is -2.38. The van der Waals surface area contributed by atoms with Crippen LogP contribution in [0.25, 0.3) is 0 Å². The minimum absolute atomic E-state index is 0.00226. The molecule has 0 saturated carbocycles. The molecule has 0 spiro atoms. The fourth-order valence-electron chi connectivity index (χ4n) is 2.02. The van der Waals surface area contributed by atoms with Crippen molar-refractivity contribution < 1.29 is 29.3 Å². The molecule has 1 rings (SSSR count). The molecule has 0 aliphatic rings. The highest BCUT2D eigenvalue weighted by Gasteiger charge is 2.19. The van der Waals surface area contributed by atoms with E-state index in [9.17, 15) is 0 Å². The standard InChI is InChI=1S/C18H30ClNO2.C2H2O4/c1-17(2,3)15-13-14(19)7-8-16(15)22-12-11-21-10-9-20-18(4,5)6;3-1(4)2(5)6/h7-8,13,20H,9-12H2,1-6H3;(H,3,4)(H,5,6). The van der Waals surface area contributed by atoms with Crippen molar-refractivity contribution in [1.82, 2.24) is 5.32 Å². The van der Waals surface area contributed by atoms with Crippen LogP contribution in [0.2, 0.25) is 5.02 Å². The molecule has 0 saturated heterocycles. The number of carbonyl (C=O) groups is 2. The van der Waals surface area contributed by atoms with E-state index in [0.29, 0.717) is 19.8 Å². The van der Waals surface area contributed by atoms with Gasteiger partial charge in [0.1, 0.15) is 12.4 Å². The Kier molecular flexibility index (Phi) is 11.1. The van der Waals surface area contributed by atoms with Gasteiger partial charge in [0.05, 0.1) is 13.2 Å². The number of ether oxygens (including phenoxy) is 2. The molecule has 0 aliphatic carbocycles. The molecule has 28 heavy (non-hydrogen) atoms. The van der Waals surface area contributed by atoms with Gasteiger partial charge in [-0.1, -0.05) is 32.4 Å². The Morgan fingerprint density at radius 2 is 1.57 bits per heavy atom. The Hall–Kier alpha value is -1.83. The molecule has 0 fully saturated rings. The molecule has 0 amide bonds. The first-order valence-corrected chi connectivity index (χ1v) is 9.33. The van der Waals surface area contributed by atoms with E-state index in [0.717, 1.165) is 22.9 Å². The summed E-state index contributed by atoms with van der Waals surface area (Å²) in [5, 5.41) is 18.9. The van der Waals surface area contributed by atoms with Gasteiger partial charge in [-0.3, -0.25) is 0 Å². The third-order valence-electron chi connectivity index (χ3n) is 3.32. The van der Waals surface area contributed by atoms with Crippen molar-refractivity contribution in [3.63, 3.8) is 0 Å². The topological polar surface area (TPSA) is 105 Å². The third kappa shape index (κ3) is 12.5. The predicted molar refractivity (Wildman–Crippen MR) is 109 cm³/mol. The lowest BCUT2D eigenvalue weighted by Gasteiger charge is -2.23. The van der Waals surface area contributed by atoms with Crippen LogP contribution in [0.4, 0.5) is 0 Å². The van der Waals surface area contributed by atoms with Gasteiger partial charge in [0.2, 0.25) is 0 Å². The molecule has 0 radical (unpaired) electrons. The smallest absolute Gasteiger partial charge is 0.414 e. The summed E-state index contributed by atoms with van der Waals surface area (Å²) in [5.41, 5.74) is 1.25. The first-order valence-electron chi connectivity index (χ1n) is 8.96. The molecule has 7 nitrogen and oxygen atoms in total. The molecule has 160 valence electrons. The summed E-state index contributed by atoms with van der Waals surface area (Å²) in [6.45, 7) is 15.5. The minimum Gasteiger partial charge on any atom is -0.491 e. The fourth-order valence-corrected chi connectivity index (χ4v) is 2.20. The van der Waals surface area contributed by atoms with E-state index >= 15 is 0 Å². The van der Waals surface area contributed by atoms with Crippen molar-refractivity contribution in [2.24, 2.45) is 0 Å². The highest BCUT2D eigenvalue weighted by Crippen LogP contribution is 2.33. The zero-order valence-electron chi connectivity index (χ0n) is 17.5. The van der Waals surface area contributed by atoms with Crippen molar-refractivity contribution in [2.45, 2.75) is 52.5 Å². The van der Waals surface area contributed by atoms with Crippen LogP contribution < -0.4 is 10.1 Å². The van der Waals surface area contributed by atoms with E-state index in [1.54, 1.807) is 0 Å². The van der Waals surface area contributed by atoms with Crippen molar-refractivity contribution in [2.75, 3.05) is 26.4 Å². The summed E-state index contributed by atoms with van der Waals surface area (Å²) >= 11 is 6.09. The summed E-state index contributed by atoms with van der Waals surface area (Å²) in [4.78, 5) is 18.2. The molecule has 0 unspecified atom stereocenters. The van der Waals surface area contributed by atoms with Gasteiger partial charge >= 0.3 is 11.9 Å². The van der Waals surface area contributed by atoms with Crippen LogP contribution in [0.15, 0.2) is 18.2 Å². The molecule has 0 bridgehead atoms. The summed E-state index contributed by atoms with van der Waals surface area (Å²) in [6, 6.07) is 5.77. The third-order valence-corrected chi connectivity index (χ3v) is 3.55. The van der Waals surface area contributed by atoms with E-state index in [4.69, 9.17) is 40.9 Å². The average molecular weight is 418 g/mol. The summed E-state index contributed by atoms with van der Waals surface area (Å²) in [7, 11) is 0. The summed E-state index contributed by atoms with van der Waals surface area (Å²) in [6.07, 6.45) is 0. The van der Waals surface area contributed by atoms with Crippen LogP contribution in [0.5, 0.6) is 5.75 Å². The normalized spacial score (nSPS) is 11.4. The van der Waals surface area contributed by atoms with Gasteiger partial charge in [0.25, 0.3) is 0 Å². The van der Waals surface area contributed by atoms with Crippen LogP contribution in [-0.4, -0.2) is 54.1 Å². The molecular weight excluding hydrogens is 386 g/mol. The lowest BCUT2D eigenvalue weighted by molar-refractivity contribution is -0.159. The summed E-state index contributed by atoms with van der Waals surface area (Å²) < 4.78 is 11.4. The zero-order chi connectivity index (χ0) is 22.0. The van der Waals surface area contributed by atoms with Gasteiger partial charge in [-0.05, 0) is 44.4 Å². The van der Waals surface area contributed by atoms with Crippen LogP contribution >= 0.6 is 11.6 Å². The second kappa shape index (κ2) is 11.9. The largest absolute Gasteiger partial charge is 0.491 e.